The largest absolute Gasteiger partial charge is 0.481 e. The molecule has 1 amide bonds. The zero-order valence-corrected chi connectivity index (χ0v) is 12.4. The van der Waals surface area contributed by atoms with Gasteiger partial charge in [-0.3, -0.25) is 9.59 Å². The molecule has 1 atom stereocenters. The highest BCUT2D eigenvalue weighted by atomic mass is 16.5. The van der Waals surface area contributed by atoms with Crippen LogP contribution in [0, 0.1) is 5.41 Å². The van der Waals surface area contributed by atoms with Gasteiger partial charge in [-0.15, -0.1) is 0 Å². The number of carbonyl (C=O) groups excluding carboxylic acids is 1. The van der Waals surface area contributed by atoms with Crippen LogP contribution in [-0.2, 0) is 14.3 Å². The second-order valence-corrected chi connectivity index (χ2v) is 5.72. The van der Waals surface area contributed by atoms with E-state index in [1.807, 2.05) is 30.3 Å². The van der Waals surface area contributed by atoms with Gasteiger partial charge in [0.1, 0.15) is 0 Å². The van der Waals surface area contributed by atoms with Gasteiger partial charge in [0.2, 0.25) is 0 Å². The van der Waals surface area contributed by atoms with Crippen LogP contribution in [0.1, 0.15) is 31.4 Å². The first-order valence-electron chi connectivity index (χ1n) is 7.08. The lowest BCUT2D eigenvalue weighted by Gasteiger charge is -2.37. The number of carboxylic acids is 1. The van der Waals surface area contributed by atoms with Gasteiger partial charge >= 0.3 is 5.97 Å². The first-order chi connectivity index (χ1) is 9.98. The van der Waals surface area contributed by atoms with Crippen molar-refractivity contribution in [1.29, 1.82) is 0 Å². The number of methoxy groups -OCH3 is 1. The highest BCUT2D eigenvalue weighted by Gasteiger charge is 2.39. The van der Waals surface area contributed by atoms with E-state index in [0.29, 0.717) is 25.9 Å². The number of benzene rings is 1. The number of amides is 1. The van der Waals surface area contributed by atoms with Gasteiger partial charge in [-0.25, -0.2) is 0 Å². The molecular formula is C16H21NO4. The molecule has 0 bridgehead atoms. The number of hydrogen-bond acceptors (Lipinski definition) is 3. The summed E-state index contributed by atoms with van der Waals surface area (Å²) >= 11 is 0. The summed E-state index contributed by atoms with van der Waals surface area (Å²) < 4.78 is 5.34. The van der Waals surface area contributed by atoms with E-state index in [9.17, 15) is 14.7 Å². The monoisotopic (exact) mass is 291 g/mol. The molecule has 1 unspecified atom stereocenters. The molecule has 0 aliphatic carbocycles. The van der Waals surface area contributed by atoms with E-state index >= 15 is 0 Å². The van der Waals surface area contributed by atoms with Gasteiger partial charge in [0, 0.05) is 20.2 Å². The number of carboxylic acid groups (broad SMARTS) is 1. The Labute approximate surface area is 124 Å². The second kappa shape index (κ2) is 6.26. The normalized spacial score (nSPS) is 19.0. The molecule has 1 aliphatic heterocycles. The van der Waals surface area contributed by atoms with E-state index in [0.717, 1.165) is 5.56 Å². The molecule has 1 aromatic carbocycles. The molecule has 114 valence electrons. The lowest BCUT2D eigenvalue weighted by Crippen LogP contribution is -2.46. The number of piperidine rings is 1. The van der Waals surface area contributed by atoms with Crippen molar-refractivity contribution >= 4 is 11.9 Å². The van der Waals surface area contributed by atoms with E-state index in [1.54, 1.807) is 11.8 Å². The molecule has 1 aromatic rings. The second-order valence-electron chi connectivity index (χ2n) is 5.72. The van der Waals surface area contributed by atoms with E-state index in [2.05, 4.69) is 0 Å². The Kier molecular flexibility index (Phi) is 4.63. The molecule has 1 saturated heterocycles. The summed E-state index contributed by atoms with van der Waals surface area (Å²) in [7, 11) is 1.51. The Bertz CT molecular complexity index is 506. The zero-order valence-electron chi connectivity index (χ0n) is 12.4. The summed E-state index contributed by atoms with van der Waals surface area (Å²) in [6.45, 7) is 2.64. The molecular weight excluding hydrogens is 270 g/mol. The van der Waals surface area contributed by atoms with Gasteiger partial charge in [-0.2, -0.15) is 0 Å². The van der Waals surface area contributed by atoms with Gasteiger partial charge in [-0.1, -0.05) is 30.3 Å². The number of ether oxygens (including phenoxy) is 1. The maximum absolute atomic E-state index is 12.6. The van der Waals surface area contributed by atoms with E-state index < -0.39 is 17.5 Å². The summed E-state index contributed by atoms with van der Waals surface area (Å²) in [6, 6.07) is 9.34. The molecule has 0 spiro atoms. The van der Waals surface area contributed by atoms with E-state index in [-0.39, 0.29) is 5.91 Å². The number of likely N-dealkylation sites (tertiary alicyclic amines) is 1. The Morgan fingerprint density at radius 2 is 1.81 bits per heavy atom. The van der Waals surface area contributed by atoms with Crippen molar-refractivity contribution in [1.82, 2.24) is 4.90 Å². The highest BCUT2D eigenvalue weighted by Crippen LogP contribution is 2.32. The van der Waals surface area contributed by atoms with E-state index in [1.165, 1.54) is 7.11 Å². The van der Waals surface area contributed by atoms with Crippen LogP contribution in [0.4, 0.5) is 0 Å². The SMILES string of the molecule is COC(C(=O)N1CCC(C)(C(=O)O)CC1)c1ccccc1. The maximum Gasteiger partial charge on any atom is 0.309 e. The van der Waals surface area contributed by atoms with Crippen molar-refractivity contribution in [2.75, 3.05) is 20.2 Å². The van der Waals surface area contributed by atoms with Gasteiger partial charge in [0.05, 0.1) is 5.41 Å². The van der Waals surface area contributed by atoms with Crippen molar-refractivity contribution in [3.8, 4) is 0 Å². The fourth-order valence-electron chi connectivity index (χ4n) is 2.61. The van der Waals surface area contributed by atoms with Gasteiger partial charge in [0.15, 0.2) is 6.10 Å². The Morgan fingerprint density at radius 3 is 2.29 bits per heavy atom. The highest BCUT2D eigenvalue weighted by molar-refractivity contribution is 5.83. The summed E-state index contributed by atoms with van der Waals surface area (Å²) in [6.07, 6.45) is 0.318. The summed E-state index contributed by atoms with van der Waals surface area (Å²) in [5.74, 6) is -0.892. The summed E-state index contributed by atoms with van der Waals surface area (Å²) in [5, 5.41) is 9.23. The minimum Gasteiger partial charge on any atom is -0.481 e. The predicted molar refractivity (Wildman–Crippen MR) is 77.7 cm³/mol. The minimum absolute atomic E-state index is 0.101. The van der Waals surface area contributed by atoms with Crippen molar-refractivity contribution in [2.45, 2.75) is 25.9 Å². The lowest BCUT2D eigenvalue weighted by molar-refractivity contribution is -0.155. The third-order valence-corrected chi connectivity index (χ3v) is 4.26. The van der Waals surface area contributed by atoms with Crippen molar-refractivity contribution in [3.63, 3.8) is 0 Å². The number of rotatable bonds is 4. The van der Waals surface area contributed by atoms with Crippen LogP contribution in [-0.4, -0.2) is 42.1 Å². The molecule has 21 heavy (non-hydrogen) atoms. The van der Waals surface area contributed by atoms with Crippen LogP contribution in [0.25, 0.3) is 0 Å². The molecule has 1 heterocycles. The van der Waals surface area contributed by atoms with Crippen LogP contribution < -0.4 is 0 Å². The maximum atomic E-state index is 12.6. The predicted octanol–water partition coefficient (Wildman–Crippen LogP) is 2.09. The number of aliphatic carboxylic acids is 1. The first kappa shape index (κ1) is 15.5. The molecule has 2 rings (SSSR count). The van der Waals surface area contributed by atoms with E-state index in [4.69, 9.17) is 4.74 Å². The number of carbonyl (C=O) groups is 2. The molecule has 0 radical (unpaired) electrons. The fourth-order valence-corrected chi connectivity index (χ4v) is 2.61. The number of nitrogens with zero attached hydrogens (tertiary/aromatic N) is 1. The minimum atomic E-state index is -0.791. The summed E-state index contributed by atoms with van der Waals surface area (Å²) in [5.41, 5.74) is 0.0862. The molecule has 5 heteroatoms. The Hall–Kier alpha value is -1.88. The van der Waals surface area contributed by atoms with Crippen molar-refractivity contribution in [2.24, 2.45) is 5.41 Å². The Morgan fingerprint density at radius 1 is 1.24 bits per heavy atom. The third kappa shape index (κ3) is 3.24. The molecule has 0 saturated carbocycles. The zero-order chi connectivity index (χ0) is 15.5. The molecule has 1 fully saturated rings. The van der Waals surface area contributed by atoms with Crippen LogP contribution >= 0.6 is 0 Å². The standard InChI is InChI=1S/C16H21NO4/c1-16(15(19)20)8-10-17(11-9-16)14(18)13(21-2)12-6-4-3-5-7-12/h3-7,13H,8-11H2,1-2H3,(H,19,20). The molecule has 1 aliphatic rings. The third-order valence-electron chi connectivity index (χ3n) is 4.26. The summed E-state index contributed by atoms with van der Waals surface area (Å²) in [4.78, 5) is 25.5. The molecule has 1 N–H and O–H groups in total. The smallest absolute Gasteiger partial charge is 0.309 e. The average molecular weight is 291 g/mol. The van der Waals surface area contributed by atoms with Gasteiger partial charge in [-0.05, 0) is 25.3 Å². The molecule has 0 aromatic heterocycles. The van der Waals surface area contributed by atoms with Crippen LogP contribution in [0.5, 0.6) is 0 Å². The first-order valence-corrected chi connectivity index (χ1v) is 7.08. The lowest BCUT2D eigenvalue weighted by atomic mass is 9.80. The fraction of sp³-hybridized carbons (Fsp3) is 0.500. The average Bonchev–Trinajstić information content (AvgIpc) is 2.49. The van der Waals surface area contributed by atoms with Crippen LogP contribution in [0.15, 0.2) is 30.3 Å². The van der Waals surface area contributed by atoms with Gasteiger partial charge < -0.3 is 14.7 Å². The van der Waals surface area contributed by atoms with Crippen LogP contribution in [0.3, 0.4) is 0 Å². The van der Waals surface area contributed by atoms with Crippen LogP contribution in [0.2, 0.25) is 0 Å². The Balaban J connectivity index is 2.06. The number of hydrogen-bond donors (Lipinski definition) is 1. The quantitative estimate of drug-likeness (QED) is 0.922. The van der Waals surface area contributed by atoms with Crippen molar-refractivity contribution in [3.05, 3.63) is 35.9 Å². The van der Waals surface area contributed by atoms with Crippen molar-refractivity contribution < 1.29 is 19.4 Å². The topological polar surface area (TPSA) is 66.8 Å². The molecule has 5 nitrogen and oxygen atoms in total. The van der Waals surface area contributed by atoms with Gasteiger partial charge in [0.25, 0.3) is 5.91 Å².